The summed E-state index contributed by atoms with van der Waals surface area (Å²) in [5, 5.41) is 0. The second-order valence-corrected chi connectivity index (χ2v) is 17.3. The van der Waals surface area contributed by atoms with Gasteiger partial charge >= 0.3 is 17.9 Å². The molecule has 0 saturated carbocycles. The number of ether oxygens (including phenoxy) is 3. The van der Waals surface area contributed by atoms with Crippen molar-refractivity contribution in [3.63, 3.8) is 0 Å². The minimum Gasteiger partial charge on any atom is -0.462 e. The lowest BCUT2D eigenvalue weighted by Crippen LogP contribution is -2.30. The van der Waals surface area contributed by atoms with Gasteiger partial charge in [0.05, 0.1) is 0 Å². The monoisotopic (exact) mass is 793 g/mol. The Bertz CT molecular complexity index is 843. The molecular weight excluding hydrogens is 697 g/mol. The zero-order chi connectivity index (χ0) is 41.0. The molecule has 0 fully saturated rings. The first-order valence-electron chi connectivity index (χ1n) is 24.9. The lowest BCUT2D eigenvalue weighted by Gasteiger charge is -2.18. The summed E-state index contributed by atoms with van der Waals surface area (Å²) in [5.41, 5.74) is 0. The number of esters is 3. The van der Waals surface area contributed by atoms with Crippen molar-refractivity contribution < 1.29 is 28.6 Å². The third kappa shape index (κ3) is 42.0. The number of rotatable bonds is 45. The summed E-state index contributed by atoms with van der Waals surface area (Å²) in [6, 6.07) is 0. The van der Waals surface area contributed by atoms with Crippen LogP contribution in [0.3, 0.4) is 0 Å². The summed E-state index contributed by atoms with van der Waals surface area (Å²) < 4.78 is 16.7. The minimum absolute atomic E-state index is 0.0643. The van der Waals surface area contributed by atoms with Gasteiger partial charge in [-0.05, 0) is 25.2 Å². The van der Waals surface area contributed by atoms with Crippen LogP contribution in [0.5, 0.6) is 0 Å². The summed E-state index contributed by atoms with van der Waals surface area (Å²) in [4.78, 5) is 37.7. The molecule has 0 aliphatic rings. The summed E-state index contributed by atoms with van der Waals surface area (Å²) >= 11 is 0. The van der Waals surface area contributed by atoms with Gasteiger partial charge in [0.1, 0.15) is 13.2 Å². The van der Waals surface area contributed by atoms with E-state index in [-0.39, 0.29) is 31.1 Å². The van der Waals surface area contributed by atoms with Gasteiger partial charge in [-0.25, -0.2) is 0 Å². The van der Waals surface area contributed by atoms with E-state index in [0.29, 0.717) is 19.3 Å². The molecule has 0 bridgehead atoms. The zero-order valence-corrected chi connectivity index (χ0v) is 38.1. The average molecular weight is 793 g/mol. The van der Waals surface area contributed by atoms with Crippen molar-refractivity contribution in [2.24, 2.45) is 5.92 Å². The number of hydrogen-bond acceptors (Lipinski definition) is 6. The van der Waals surface area contributed by atoms with E-state index in [9.17, 15) is 14.4 Å². The van der Waals surface area contributed by atoms with Gasteiger partial charge in [0.2, 0.25) is 0 Å². The van der Waals surface area contributed by atoms with Crippen molar-refractivity contribution in [2.45, 2.75) is 284 Å². The normalized spacial score (nSPS) is 12.4. The maximum absolute atomic E-state index is 12.7. The second-order valence-electron chi connectivity index (χ2n) is 17.3. The van der Waals surface area contributed by atoms with Crippen molar-refractivity contribution in [1.82, 2.24) is 0 Å². The Morgan fingerprint density at radius 1 is 0.357 bits per heavy atom. The van der Waals surface area contributed by atoms with Crippen molar-refractivity contribution in [3.8, 4) is 0 Å². The van der Waals surface area contributed by atoms with E-state index >= 15 is 0 Å². The SMILES string of the molecule is CCCCCCCCCCCCCCCCCCCCCC(=O)OC[C@@H](COC(=O)CCCCCCCCCCC)OC(=O)CCCCCCCCC(C)CC. The molecule has 0 aromatic rings. The van der Waals surface area contributed by atoms with E-state index in [1.807, 2.05) is 0 Å². The lowest BCUT2D eigenvalue weighted by atomic mass is 10.00. The van der Waals surface area contributed by atoms with Gasteiger partial charge in [-0.1, -0.05) is 240 Å². The lowest BCUT2D eigenvalue weighted by molar-refractivity contribution is -0.167. The first kappa shape index (κ1) is 54.4. The van der Waals surface area contributed by atoms with Gasteiger partial charge in [0, 0.05) is 19.3 Å². The fourth-order valence-electron chi connectivity index (χ4n) is 7.48. The fraction of sp³-hybridized carbons (Fsp3) is 0.940. The van der Waals surface area contributed by atoms with Gasteiger partial charge in [-0.3, -0.25) is 14.4 Å². The molecule has 1 unspecified atom stereocenters. The van der Waals surface area contributed by atoms with E-state index in [0.717, 1.165) is 63.7 Å². The van der Waals surface area contributed by atoms with E-state index in [1.165, 1.54) is 173 Å². The summed E-state index contributed by atoms with van der Waals surface area (Å²) in [5.74, 6) is -0.0451. The van der Waals surface area contributed by atoms with Gasteiger partial charge in [-0.15, -0.1) is 0 Å². The van der Waals surface area contributed by atoms with Crippen molar-refractivity contribution in [2.75, 3.05) is 13.2 Å². The molecule has 2 atom stereocenters. The van der Waals surface area contributed by atoms with Gasteiger partial charge < -0.3 is 14.2 Å². The first-order valence-corrected chi connectivity index (χ1v) is 24.9. The Morgan fingerprint density at radius 2 is 0.625 bits per heavy atom. The third-order valence-electron chi connectivity index (χ3n) is 11.7. The van der Waals surface area contributed by atoms with E-state index in [1.54, 1.807) is 0 Å². The summed E-state index contributed by atoms with van der Waals surface area (Å²) in [6.45, 7) is 8.97. The Balaban J connectivity index is 4.19. The number of carbonyl (C=O) groups excluding carboxylic acids is 3. The molecule has 0 N–H and O–H groups in total. The molecule has 0 aromatic carbocycles. The van der Waals surface area contributed by atoms with E-state index in [4.69, 9.17) is 14.2 Å². The standard InChI is InChI=1S/C50H96O6/c1-5-8-10-12-14-16-17-18-19-20-21-22-23-24-25-27-29-34-38-42-49(52)55-45-47(44-54-48(51)41-37-33-28-26-15-13-11-9-6-2)56-50(53)43-39-35-31-30-32-36-40-46(4)7-3/h46-47H,5-45H2,1-4H3/t46?,47-/m1/s1. The highest BCUT2D eigenvalue weighted by atomic mass is 16.6. The van der Waals surface area contributed by atoms with Gasteiger partial charge in [0.15, 0.2) is 6.10 Å². The molecule has 0 amide bonds. The quantitative estimate of drug-likeness (QED) is 0.0347. The van der Waals surface area contributed by atoms with Crippen LogP contribution in [0.15, 0.2) is 0 Å². The Labute approximate surface area is 348 Å². The van der Waals surface area contributed by atoms with Crippen LogP contribution in [0, 0.1) is 5.92 Å². The van der Waals surface area contributed by atoms with E-state index in [2.05, 4.69) is 27.7 Å². The molecule has 0 saturated heterocycles. The van der Waals surface area contributed by atoms with Crippen LogP contribution in [0.4, 0.5) is 0 Å². The highest BCUT2D eigenvalue weighted by Crippen LogP contribution is 2.17. The third-order valence-corrected chi connectivity index (χ3v) is 11.7. The van der Waals surface area contributed by atoms with Crippen LogP contribution in [-0.4, -0.2) is 37.2 Å². The highest BCUT2D eigenvalue weighted by Gasteiger charge is 2.19. The Kier molecular flexibility index (Phi) is 43.2. The molecule has 0 rings (SSSR count). The Hall–Kier alpha value is -1.59. The van der Waals surface area contributed by atoms with Gasteiger partial charge in [0.25, 0.3) is 0 Å². The maximum Gasteiger partial charge on any atom is 0.306 e. The Morgan fingerprint density at radius 3 is 0.929 bits per heavy atom. The summed E-state index contributed by atoms with van der Waals surface area (Å²) in [6.07, 6.45) is 45.3. The maximum atomic E-state index is 12.7. The fourth-order valence-corrected chi connectivity index (χ4v) is 7.48. The van der Waals surface area contributed by atoms with Crippen LogP contribution in [0.2, 0.25) is 0 Å². The molecular formula is C50H96O6. The molecule has 0 aromatic heterocycles. The average Bonchev–Trinajstić information content (AvgIpc) is 3.19. The number of carbonyl (C=O) groups is 3. The molecule has 332 valence electrons. The van der Waals surface area contributed by atoms with Crippen LogP contribution < -0.4 is 0 Å². The van der Waals surface area contributed by atoms with Crippen LogP contribution in [0.1, 0.15) is 278 Å². The molecule has 56 heavy (non-hydrogen) atoms. The van der Waals surface area contributed by atoms with E-state index < -0.39 is 6.10 Å². The number of unbranched alkanes of at least 4 members (excludes halogenated alkanes) is 31. The molecule has 6 heteroatoms. The molecule has 0 aliphatic heterocycles. The highest BCUT2D eigenvalue weighted by molar-refractivity contribution is 5.71. The van der Waals surface area contributed by atoms with Crippen molar-refractivity contribution in [1.29, 1.82) is 0 Å². The second kappa shape index (κ2) is 44.5. The molecule has 0 aliphatic carbocycles. The molecule has 0 heterocycles. The van der Waals surface area contributed by atoms with Crippen molar-refractivity contribution >= 4 is 17.9 Å². The van der Waals surface area contributed by atoms with Crippen molar-refractivity contribution in [3.05, 3.63) is 0 Å². The molecule has 0 spiro atoms. The largest absolute Gasteiger partial charge is 0.462 e. The predicted octanol–water partition coefficient (Wildman–Crippen LogP) is 15.9. The predicted molar refractivity (Wildman–Crippen MR) is 238 cm³/mol. The summed E-state index contributed by atoms with van der Waals surface area (Å²) in [7, 11) is 0. The number of hydrogen-bond donors (Lipinski definition) is 0. The van der Waals surface area contributed by atoms with Crippen LogP contribution in [0.25, 0.3) is 0 Å². The van der Waals surface area contributed by atoms with Gasteiger partial charge in [-0.2, -0.15) is 0 Å². The molecule has 6 nitrogen and oxygen atoms in total. The van der Waals surface area contributed by atoms with Crippen LogP contribution in [-0.2, 0) is 28.6 Å². The van der Waals surface area contributed by atoms with Crippen LogP contribution >= 0.6 is 0 Å². The first-order chi connectivity index (χ1) is 27.4. The zero-order valence-electron chi connectivity index (χ0n) is 38.1. The minimum atomic E-state index is -0.760. The topological polar surface area (TPSA) is 78.9 Å². The molecule has 0 radical (unpaired) electrons. The smallest absolute Gasteiger partial charge is 0.306 e.